The number of hydrogen-bond acceptors (Lipinski definition) is 3. The van der Waals surface area contributed by atoms with Gasteiger partial charge in [0.1, 0.15) is 5.82 Å². The molecule has 2 N–H and O–H groups in total. The highest BCUT2D eigenvalue weighted by atomic mass is 19.1. The number of amides is 1. The van der Waals surface area contributed by atoms with Crippen LogP contribution in [0.1, 0.15) is 31.2 Å². The molecule has 1 aromatic rings. The van der Waals surface area contributed by atoms with Crippen LogP contribution in [0.4, 0.5) is 4.39 Å². The van der Waals surface area contributed by atoms with Crippen molar-refractivity contribution in [2.24, 2.45) is 11.1 Å². The Hall–Kier alpha value is -2.19. The highest BCUT2D eigenvalue weighted by Crippen LogP contribution is 2.34. The van der Waals surface area contributed by atoms with Crippen molar-refractivity contribution in [1.82, 2.24) is 4.90 Å². The van der Waals surface area contributed by atoms with E-state index in [0.29, 0.717) is 44.3 Å². The van der Waals surface area contributed by atoms with Crippen LogP contribution >= 0.6 is 0 Å². The highest BCUT2D eigenvalue weighted by Gasteiger charge is 2.35. The van der Waals surface area contributed by atoms with Crippen molar-refractivity contribution in [3.05, 3.63) is 48.3 Å². The number of nitrogens with zero attached hydrogens (tertiary/aromatic N) is 2. The van der Waals surface area contributed by atoms with Gasteiger partial charge in [-0.15, -0.1) is 6.58 Å². The molecule has 128 valence electrons. The molecule has 1 aromatic carbocycles. The number of likely N-dealkylation sites (tertiary alicyclic amines) is 1. The number of benzene rings is 1. The molecule has 0 bridgehead atoms. The van der Waals surface area contributed by atoms with Gasteiger partial charge in [0.25, 0.3) is 0 Å². The van der Waals surface area contributed by atoms with E-state index in [1.807, 2.05) is 0 Å². The van der Waals surface area contributed by atoms with Crippen molar-refractivity contribution < 1.29 is 9.18 Å². The zero-order valence-corrected chi connectivity index (χ0v) is 13.9. The maximum atomic E-state index is 13.6. The molecule has 4 nitrogen and oxygen atoms in total. The van der Waals surface area contributed by atoms with Crippen molar-refractivity contribution in [3.8, 4) is 6.07 Å². The molecule has 0 saturated carbocycles. The third kappa shape index (κ3) is 4.42. The molecule has 1 fully saturated rings. The Labute approximate surface area is 142 Å². The predicted octanol–water partition coefficient (Wildman–Crippen LogP) is 2.79. The summed E-state index contributed by atoms with van der Waals surface area (Å²) in [6.45, 7) is 4.83. The molecule has 5 heteroatoms. The number of carbonyl (C=O) groups excluding carboxylic acids is 1. The minimum absolute atomic E-state index is 0.0241. The van der Waals surface area contributed by atoms with E-state index >= 15 is 0 Å². The molecular formula is C19H24FN3O. The smallest absolute Gasteiger partial charge is 0.224 e. The Morgan fingerprint density at radius 2 is 2.12 bits per heavy atom. The molecule has 0 radical (unpaired) electrons. The fourth-order valence-electron chi connectivity index (χ4n) is 3.19. The second-order valence-electron chi connectivity index (χ2n) is 6.53. The first-order valence-electron chi connectivity index (χ1n) is 8.28. The van der Waals surface area contributed by atoms with Crippen molar-refractivity contribution in [1.29, 1.82) is 5.26 Å². The molecule has 1 amide bonds. The third-order valence-corrected chi connectivity index (χ3v) is 4.72. The van der Waals surface area contributed by atoms with Gasteiger partial charge in [0.15, 0.2) is 0 Å². The monoisotopic (exact) mass is 329 g/mol. The molecule has 0 aromatic heterocycles. The molecule has 1 atom stereocenters. The summed E-state index contributed by atoms with van der Waals surface area (Å²) in [7, 11) is 0. The summed E-state index contributed by atoms with van der Waals surface area (Å²) in [4.78, 5) is 14.2. The molecule has 0 spiro atoms. The lowest BCUT2D eigenvalue weighted by Gasteiger charge is -2.37. The largest absolute Gasteiger partial charge is 0.343 e. The van der Waals surface area contributed by atoms with E-state index in [9.17, 15) is 14.4 Å². The predicted molar refractivity (Wildman–Crippen MR) is 91.4 cm³/mol. The molecule has 1 aliphatic heterocycles. The molecule has 1 heterocycles. The second kappa shape index (κ2) is 8.07. The normalized spacial score (nSPS) is 17.8. The van der Waals surface area contributed by atoms with Crippen LogP contribution in [0.2, 0.25) is 0 Å². The molecule has 24 heavy (non-hydrogen) atoms. The number of halogens is 1. The maximum absolute atomic E-state index is 13.6. The average molecular weight is 329 g/mol. The maximum Gasteiger partial charge on any atom is 0.224 e. The Balaban J connectivity index is 1.86. The van der Waals surface area contributed by atoms with Crippen LogP contribution < -0.4 is 5.73 Å². The first kappa shape index (κ1) is 18.2. The van der Waals surface area contributed by atoms with E-state index in [1.54, 1.807) is 29.2 Å². The van der Waals surface area contributed by atoms with Gasteiger partial charge in [-0.2, -0.15) is 5.26 Å². The summed E-state index contributed by atoms with van der Waals surface area (Å²) < 4.78 is 13.6. The Morgan fingerprint density at radius 3 is 2.71 bits per heavy atom. The van der Waals surface area contributed by atoms with Crippen LogP contribution in [0.15, 0.2) is 36.9 Å². The summed E-state index contributed by atoms with van der Waals surface area (Å²) in [5.74, 6) is -0.314. The van der Waals surface area contributed by atoms with Gasteiger partial charge in [-0.1, -0.05) is 24.3 Å². The van der Waals surface area contributed by atoms with Crippen molar-refractivity contribution >= 4 is 5.91 Å². The summed E-state index contributed by atoms with van der Waals surface area (Å²) in [6, 6.07) is 8.46. The zero-order valence-electron chi connectivity index (χ0n) is 13.9. The number of carbonyl (C=O) groups is 1. The zero-order chi connectivity index (χ0) is 17.6. The van der Waals surface area contributed by atoms with Crippen molar-refractivity contribution in [2.45, 2.75) is 38.1 Å². The number of nitrogens with two attached hydrogens (primary N) is 1. The van der Waals surface area contributed by atoms with Gasteiger partial charge >= 0.3 is 0 Å². The second-order valence-corrected chi connectivity index (χ2v) is 6.53. The lowest BCUT2D eigenvalue weighted by molar-refractivity contribution is -0.133. The summed E-state index contributed by atoms with van der Waals surface area (Å²) in [5, 5.41) is 9.38. The van der Waals surface area contributed by atoms with Crippen LogP contribution in [0.25, 0.3) is 0 Å². The fraction of sp³-hybridized carbons (Fsp3) is 0.474. The summed E-state index contributed by atoms with van der Waals surface area (Å²) in [6.07, 6.45) is 4.26. The van der Waals surface area contributed by atoms with Crippen LogP contribution in [0, 0.1) is 22.6 Å². The number of allylic oxidation sites excluding steroid dienone is 1. The van der Waals surface area contributed by atoms with E-state index < -0.39 is 11.5 Å². The van der Waals surface area contributed by atoms with Gasteiger partial charge in [0.05, 0.1) is 11.5 Å². The van der Waals surface area contributed by atoms with Crippen LogP contribution in [0.3, 0.4) is 0 Å². The van der Waals surface area contributed by atoms with Gasteiger partial charge in [0.2, 0.25) is 5.91 Å². The van der Waals surface area contributed by atoms with Gasteiger partial charge in [0, 0.05) is 25.6 Å². The number of rotatable bonds is 6. The van der Waals surface area contributed by atoms with Crippen LogP contribution in [-0.4, -0.2) is 29.9 Å². The minimum atomic E-state index is -0.412. The molecule has 1 saturated heterocycles. The van der Waals surface area contributed by atoms with Crippen LogP contribution in [-0.2, 0) is 11.2 Å². The Bertz CT molecular complexity index is 630. The first-order chi connectivity index (χ1) is 11.5. The van der Waals surface area contributed by atoms with E-state index in [1.165, 1.54) is 6.07 Å². The van der Waals surface area contributed by atoms with E-state index in [2.05, 4.69) is 12.6 Å². The van der Waals surface area contributed by atoms with Gasteiger partial charge in [-0.3, -0.25) is 4.79 Å². The molecule has 1 aliphatic rings. The third-order valence-electron chi connectivity index (χ3n) is 4.72. The van der Waals surface area contributed by atoms with E-state index in [-0.39, 0.29) is 18.1 Å². The van der Waals surface area contributed by atoms with Gasteiger partial charge in [-0.05, 0) is 37.3 Å². The number of hydrogen-bond donors (Lipinski definition) is 1. The lowest BCUT2D eigenvalue weighted by Crippen LogP contribution is -2.44. The minimum Gasteiger partial charge on any atom is -0.343 e. The fourth-order valence-corrected chi connectivity index (χ4v) is 3.19. The molecule has 0 aliphatic carbocycles. The molecule has 2 rings (SSSR count). The van der Waals surface area contributed by atoms with E-state index in [4.69, 9.17) is 5.73 Å². The average Bonchev–Trinajstić information content (AvgIpc) is 2.57. The SMILES string of the molecule is C=CCC1(C#N)CCN(C(=O)CC(N)Cc2ccccc2F)CC1. The van der Waals surface area contributed by atoms with Gasteiger partial charge in [-0.25, -0.2) is 4.39 Å². The van der Waals surface area contributed by atoms with Crippen molar-refractivity contribution in [2.75, 3.05) is 13.1 Å². The number of nitriles is 1. The quantitative estimate of drug-likeness (QED) is 0.816. The summed E-state index contributed by atoms with van der Waals surface area (Å²) in [5.41, 5.74) is 6.17. The van der Waals surface area contributed by atoms with Crippen molar-refractivity contribution in [3.63, 3.8) is 0 Å². The Kier molecular flexibility index (Phi) is 6.10. The molecular weight excluding hydrogens is 305 g/mol. The topological polar surface area (TPSA) is 70.1 Å². The summed E-state index contributed by atoms with van der Waals surface area (Å²) >= 11 is 0. The van der Waals surface area contributed by atoms with Gasteiger partial charge < -0.3 is 10.6 Å². The van der Waals surface area contributed by atoms with Crippen LogP contribution in [0.5, 0.6) is 0 Å². The number of piperidine rings is 1. The lowest BCUT2D eigenvalue weighted by atomic mass is 9.77. The first-order valence-corrected chi connectivity index (χ1v) is 8.28. The van der Waals surface area contributed by atoms with E-state index in [0.717, 1.165) is 0 Å². The Morgan fingerprint density at radius 1 is 1.46 bits per heavy atom. The molecule has 1 unspecified atom stereocenters. The standard InChI is InChI=1S/C19H24FN3O/c1-2-7-19(14-21)8-10-23(11-9-19)18(24)13-16(22)12-15-5-3-4-6-17(15)20/h2-6,16H,1,7-13,22H2. The highest BCUT2D eigenvalue weighted by molar-refractivity contribution is 5.77.